The number of rotatable bonds is 3. The van der Waals surface area contributed by atoms with Gasteiger partial charge in [-0.05, 0) is 23.7 Å². The van der Waals surface area contributed by atoms with Crippen LogP contribution in [0.25, 0.3) is 5.69 Å². The van der Waals surface area contributed by atoms with Crippen molar-refractivity contribution in [1.29, 1.82) is 0 Å². The Hall–Kier alpha value is -2.17. The molecule has 1 aromatic carbocycles. The molecule has 0 atom stereocenters. The maximum absolute atomic E-state index is 14.2. The Bertz CT molecular complexity index is 931. The molecule has 1 heterocycles. The van der Waals surface area contributed by atoms with Gasteiger partial charge in [-0.1, -0.05) is 11.6 Å². The Kier molecular flexibility index (Phi) is 5.59. The molecule has 0 saturated heterocycles. The number of hydroxylamine groups is 2. The molecule has 0 fully saturated rings. The van der Waals surface area contributed by atoms with E-state index in [0.29, 0.717) is 10.6 Å². The van der Waals surface area contributed by atoms with Crippen molar-refractivity contribution in [2.75, 3.05) is 14.2 Å². The second-order valence-corrected chi connectivity index (χ2v) is 5.60. The maximum Gasteiger partial charge on any atom is 0.433 e. The lowest BCUT2D eigenvalue weighted by atomic mass is 10.1. The van der Waals surface area contributed by atoms with Crippen LogP contribution in [-0.4, -0.2) is 34.7 Å². The minimum absolute atomic E-state index is 0.155. The minimum Gasteiger partial charge on any atom is -0.274 e. The first-order valence-electron chi connectivity index (χ1n) is 6.65. The van der Waals surface area contributed by atoms with Crippen molar-refractivity contribution in [2.45, 2.75) is 6.18 Å². The molecular formula is C14H9Cl2F4N3O3. The highest BCUT2D eigenvalue weighted by molar-refractivity contribution is 6.34. The second-order valence-electron chi connectivity index (χ2n) is 4.85. The molecule has 2 aromatic rings. The van der Waals surface area contributed by atoms with Crippen LogP contribution in [0.2, 0.25) is 10.3 Å². The molecule has 0 spiro atoms. The van der Waals surface area contributed by atoms with Gasteiger partial charge in [0.1, 0.15) is 5.82 Å². The van der Waals surface area contributed by atoms with Crippen molar-refractivity contribution in [2.24, 2.45) is 0 Å². The number of nitrogens with zero attached hydrogens (tertiary/aromatic N) is 3. The van der Waals surface area contributed by atoms with Crippen molar-refractivity contribution in [3.63, 3.8) is 0 Å². The highest BCUT2D eigenvalue weighted by atomic mass is 35.5. The van der Waals surface area contributed by atoms with E-state index in [4.69, 9.17) is 28.0 Å². The average molecular weight is 414 g/mol. The number of halogens is 6. The molecule has 1 aromatic heterocycles. The predicted molar refractivity (Wildman–Crippen MR) is 83.9 cm³/mol. The monoisotopic (exact) mass is 413 g/mol. The Balaban J connectivity index is 2.70. The largest absolute Gasteiger partial charge is 0.433 e. The molecule has 26 heavy (non-hydrogen) atoms. The molecular weight excluding hydrogens is 405 g/mol. The molecule has 6 nitrogen and oxygen atoms in total. The molecule has 2 rings (SSSR count). The van der Waals surface area contributed by atoms with Gasteiger partial charge < -0.3 is 0 Å². The Morgan fingerprint density at radius 3 is 2.38 bits per heavy atom. The third kappa shape index (κ3) is 3.81. The van der Waals surface area contributed by atoms with Gasteiger partial charge in [-0.15, -0.1) is 0 Å². The molecule has 12 heteroatoms. The molecule has 0 aliphatic rings. The molecule has 140 valence electrons. The lowest BCUT2D eigenvalue weighted by Crippen LogP contribution is -2.27. The molecule has 0 N–H and O–H groups in total. The summed E-state index contributed by atoms with van der Waals surface area (Å²) in [5.41, 5.74) is -3.70. The molecule has 0 bridgehead atoms. The quantitative estimate of drug-likeness (QED) is 0.439. The van der Waals surface area contributed by atoms with E-state index in [9.17, 15) is 27.2 Å². The third-order valence-electron chi connectivity index (χ3n) is 3.24. The number of alkyl halides is 3. The summed E-state index contributed by atoms with van der Waals surface area (Å²) in [6, 6.07) is 1.73. The molecule has 0 unspecified atom stereocenters. The highest BCUT2D eigenvalue weighted by Crippen LogP contribution is 2.29. The summed E-state index contributed by atoms with van der Waals surface area (Å²) in [5.74, 6) is -1.89. The maximum atomic E-state index is 14.2. The molecule has 0 saturated carbocycles. The van der Waals surface area contributed by atoms with Crippen LogP contribution in [0.3, 0.4) is 0 Å². The summed E-state index contributed by atoms with van der Waals surface area (Å²) < 4.78 is 52.7. The second kappa shape index (κ2) is 7.22. The standard InChI is InChI=1S/C14H9Cl2F4N3O3/c1-22(26-2)12(25)6-3-9(8(17)4-7(6)15)23-11(24)5-10(14(18,19)20)21-13(23)16/h3-5H,1-2H3. The van der Waals surface area contributed by atoms with Gasteiger partial charge in [0.05, 0.1) is 23.4 Å². The van der Waals surface area contributed by atoms with Crippen molar-refractivity contribution >= 4 is 29.1 Å². The van der Waals surface area contributed by atoms with E-state index in [2.05, 4.69) is 4.98 Å². The van der Waals surface area contributed by atoms with Crippen molar-refractivity contribution < 1.29 is 27.2 Å². The van der Waals surface area contributed by atoms with Crippen LogP contribution in [-0.2, 0) is 11.0 Å². The lowest BCUT2D eigenvalue weighted by Gasteiger charge is -2.17. The van der Waals surface area contributed by atoms with E-state index < -0.39 is 40.1 Å². The Morgan fingerprint density at radius 2 is 1.88 bits per heavy atom. The van der Waals surface area contributed by atoms with Gasteiger partial charge in [0.15, 0.2) is 5.69 Å². The Morgan fingerprint density at radius 1 is 1.27 bits per heavy atom. The zero-order chi connectivity index (χ0) is 19.8. The fraction of sp³-hybridized carbons (Fsp3) is 0.214. The van der Waals surface area contributed by atoms with Crippen LogP contribution < -0.4 is 5.56 Å². The first-order valence-corrected chi connectivity index (χ1v) is 7.41. The lowest BCUT2D eigenvalue weighted by molar-refractivity contribution is -0.141. The summed E-state index contributed by atoms with van der Waals surface area (Å²) >= 11 is 11.5. The van der Waals surface area contributed by atoms with Gasteiger partial charge in [0.2, 0.25) is 5.28 Å². The zero-order valence-electron chi connectivity index (χ0n) is 13.1. The van der Waals surface area contributed by atoms with Crippen LogP contribution in [0.15, 0.2) is 23.0 Å². The van der Waals surface area contributed by atoms with E-state index >= 15 is 0 Å². The van der Waals surface area contributed by atoms with E-state index in [-0.39, 0.29) is 16.7 Å². The SMILES string of the molecule is CON(C)C(=O)c1cc(-n2c(Cl)nc(C(F)(F)F)cc2=O)c(F)cc1Cl. The van der Waals surface area contributed by atoms with E-state index in [1.807, 2.05) is 0 Å². The average Bonchev–Trinajstić information content (AvgIpc) is 2.53. The van der Waals surface area contributed by atoms with Crippen LogP contribution in [0.4, 0.5) is 17.6 Å². The number of carbonyl (C=O) groups is 1. The number of hydrogen-bond acceptors (Lipinski definition) is 4. The summed E-state index contributed by atoms with van der Waals surface area (Å²) in [4.78, 5) is 31.9. The Labute approximate surface area is 153 Å². The zero-order valence-corrected chi connectivity index (χ0v) is 14.6. The van der Waals surface area contributed by atoms with E-state index in [1.165, 1.54) is 14.2 Å². The molecule has 0 aliphatic heterocycles. The highest BCUT2D eigenvalue weighted by Gasteiger charge is 2.34. The molecule has 0 radical (unpaired) electrons. The summed E-state index contributed by atoms with van der Waals surface area (Å²) in [7, 11) is 2.44. The van der Waals surface area contributed by atoms with Gasteiger partial charge in [-0.25, -0.2) is 19.0 Å². The van der Waals surface area contributed by atoms with Gasteiger partial charge in [-0.2, -0.15) is 13.2 Å². The normalized spacial score (nSPS) is 11.5. The van der Waals surface area contributed by atoms with Crippen molar-refractivity contribution in [1.82, 2.24) is 14.6 Å². The van der Waals surface area contributed by atoms with Crippen LogP contribution in [0.5, 0.6) is 0 Å². The van der Waals surface area contributed by atoms with E-state index in [1.54, 1.807) is 0 Å². The first-order chi connectivity index (χ1) is 12.0. The van der Waals surface area contributed by atoms with Crippen molar-refractivity contribution in [3.8, 4) is 5.69 Å². The number of benzene rings is 1. The van der Waals surface area contributed by atoms with Gasteiger partial charge >= 0.3 is 6.18 Å². The number of amides is 1. The third-order valence-corrected chi connectivity index (χ3v) is 3.80. The fourth-order valence-corrected chi connectivity index (χ4v) is 2.44. The van der Waals surface area contributed by atoms with Crippen LogP contribution >= 0.6 is 23.2 Å². The number of carbonyl (C=O) groups excluding carboxylic acids is 1. The number of aromatic nitrogens is 2. The van der Waals surface area contributed by atoms with Gasteiger partial charge in [0.25, 0.3) is 11.5 Å². The first kappa shape index (κ1) is 20.1. The minimum atomic E-state index is -4.91. The van der Waals surface area contributed by atoms with Crippen molar-refractivity contribution in [3.05, 3.63) is 55.9 Å². The van der Waals surface area contributed by atoms with Gasteiger partial charge in [0, 0.05) is 13.1 Å². The number of hydrogen-bond donors (Lipinski definition) is 0. The molecule has 1 amide bonds. The smallest absolute Gasteiger partial charge is 0.274 e. The predicted octanol–water partition coefficient (Wildman–Crippen LogP) is 3.33. The molecule has 0 aliphatic carbocycles. The summed E-state index contributed by atoms with van der Waals surface area (Å²) in [5, 5.41) is -0.466. The summed E-state index contributed by atoms with van der Waals surface area (Å²) in [6.07, 6.45) is -4.91. The van der Waals surface area contributed by atoms with E-state index in [0.717, 1.165) is 11.1 Å². The van der Waals surface area contributed by atoms with Gasteiger partial charge in [-0.3, -0.25) is 14.4 Å². The summed E-state index contributed by atoms with van der Waals surface area (Å²) in [6.45, 7) is 0. The van der Waals surface area contributed by atoms with Crippen LogP contribution in [0, 0.1) is 5.82 Å². The fourth-order valence-electron chi connectivity index (χ4n) is 1.94. The van der Waals surface area contributed by atoms with Crippen LogP contribution in [0.1, 0.15) is 16.1 Å². The topological polar surface area (TPSA) is 64.4 Å².